The van der Waals surface area contributed by atoms with E-state index in [0.29, 0.717) is 51.5 Å². The minimum atomic E-state index is -0.920. The van der Waals surface area contributed by atoms with E-state index < -0.39 is 6.10 Å². The van der Waals surface area contributed by atoms with Crippen molar-refractivity contribution in [2.45, 2.75) is 38.3 Å². The Hall–Kier alpha value is -4.35. The number of likely N-dealkylation sites (tertiary alicyclic amines) is 1. The summed E-state index contributed by atoms with van der Waals surface area (Å²) in [4.78, 5) is 50.5. The van der Waals surface area contributed by atoms with Gasteiger partial charge in [-0.05, 0) is 87.4 Å². The lowest BCUT2D eigenvalue weighted by Gasteiger charge is -2.33. The number of rotatable bonds is 8. The van der Waals surface area contributed by atoms with E-state index >= 15 is 0 Å². The Balaban J connectivity index is 1.17. The van der Waals surface area contributed by atoms with E-state index in [9.17, 15) is 23.9 Å². The highest BCUT2D eigenvalue weighted by Gasteiger charge is 2.42. The summed E-state index contributed by atoms with van der Waals surface area (Å²) in [5.74, 6) is -0.447. The van der Waals surface area contributed by atoms with Gasteiger partial charge >= 0.3 is 0 Å². The number of anilines is 1. The second-order valence-electron chi connectivity index (χ2n) is 11.1. The van der Waals surface area contributed by atoms with Gasteiger partial charge in [0.25, 0.3) is 17.4 Å². The lowest BCUT2D eigenvalue weighted by molar-refractivity contribution is 0.0516. The molecule has 1 atom stereocenters. The number of carbonyl (C=O) groups excluding carboxylic acids is 2. The van der Waals surface area contributed by atoms with Crippen LogP contribution in [0.15, 0.2) is 52.4 Å². The third kappa shape index (κ3) is 5.21. The monoisotopic (exact) mass is 573 g/mol. The minimum absolute atomic E-state index is 0.0351. The molecule has 1 aromatic heterocycles. The molecule has 42 heavy (non-hydrogen) atoms. The quantitative estimate of drug-likeness (QED) is 0.354. The van der Waals surface area contributed by atoms with Crippen LogP contribution in [0.1, 0.15) is 50.2 Å². The number of piperidine rings is 1. The van der Waals surface area contributed by atoms with Crippen molar-refractivity contribution in [1.82, 2.24) is 14.8 Å². The van der Waals surface area contributed by atoms with Gasteiger partial charge in [0.15, 0.2) is 0 Å². The van der Waals surface area contributed by atoms with Crippen molar-refractivity contribution in [2.24, 2.45) is 4.99 Å². The van der Waals surface area contributed by atoms with E-state index in [0.717, 1.165) is 31.5 Å². The number of aromatic nitrogens is 1. The second-order valence-corrected chi connectivity index (χ2v) is 11.1. The molecule has 218 valence electrons. The van der Waals surface area contributed by atoms with Crippen LogP contribution in [0.3, 0.4) is 0 Å². The minimum Gasteiger partial charge on any atom is -0.491 e. The Morgan fingerprint density at radius 2 is 1.86 bits per heavy atom. The zero-order valence-corrected chi connectivity index (χ0v) is 23.4. The van der Waals surface area contributed by atoms with Crippen molar-refractivity contribution in [3.8, 4) is 5.75 Å². The van der Waals surface area contributed by atoms with Gasteiger partial charge < -0.3 is 25.0 Å². The highest BCUT2D eigenvalue weighted by Crippen LogP contribution is 2.37. The van der Waals surface area contributed by atoms with E-state index in [1.807, 2.05) is 7.05 Å². The maximum Gasteiger partial charge on any atom is 0.261 e. The summed E-state index contributed by atoms with van der Waals surface area (Å²) in [6, 6.07) is 9.14. The zero-order valence-electron chi connectivity index (χ0n) is 23.4. The van der Waals surface area contributed by atoms with Crippen LogP contribution in [-0.4, -0.2) is 82.9 Å². The number of fused-ring (bicyclic) bond motifs is 2. The molecule has 1 saturated heterocycles. The molecule has 3 aliphatic rings. The molecule has 1 unspecified atom stereocenters. The first-order valence-corrected chi connectivity index (χ1v) is 14.0. The van der Waals surface area contributed by atoms with Gasteiger partial charge in [-0.25, -0.2) is 4.39 Å². The average molecular weight is 574 g/mol. The number of imide groups is 1. The highest BCUT2D eigenvalue weighted by molar-refractivity contribution is 6.22. The van der Waals surface area contributed by atoms with Gasteiger partial charge in [0, 0.05) is 25.2 Å². The molecule has 10 nitrogen and oxygen atoms in total. The molecule has 0 aliphatic carbocycles. The summed E-state index contributed by atoms with van der Waals surface area (Å²) >= 11 is 0. The first-order valence-electron chi connectivity index (χ1n) is 14.0. The molecule has 3 N–H and O–H groups in total. The normalized spacial score (nSPS) is 17.7. The van der Waals surface area contributed by atoms with Crippen molar-refractivity contribution in [3.05, 3.63) is 86.6 Å². The molecule has 6 rings (SSSR count). The van der Waals surface area contributed by atoms with Crippen molar-refractivity contribution < 1.29 is 23.8 Å². The third-order valence-corrected chi connectivity index (χ3v) is 8.13. The second kappa shape index (κ2) is 11.1. The summed E-state index contributed by atoms with van der Waals surface area (Å²) < 4.78 is 19.0. The standard InChI is InChI=1S/C31H32FN5O5/c1-17-11-19(32)3-4-27(17)42-16-21(38)15-34-24-5-8-33-29(39)28(24)26-13-18-12-22-23(14-25(18)35-26)31(41)37(30(22)40)20-6-9-36(2)10-7-20/h3-5,8,11-12,14,20-21,38H,6-7,9-10,13,15-16H2,1-2H3,(H2,33,34,39). The molecule has 0 saturated carbocycles. The summed E-state index contributed by atoms with van der Waals surface area (Å²) in [5, 5.41) is 13.6. The van der Waals surface area contributed by atoms with Crippen LogP contribution in [0.2, 0.25) is 0 Å². The Morgan fingerprint density at radius 1 is 1.12 bits per heavy atom. The Morgan fingerprint density at radius 3 is 2.60 bits per heavy atom. The van der Waals surface area contributed by atoms with E-state index in [2.05, 4.69) is 15.2 Å². The number of amides is 2. The van der Waals surface area contributed by atoms with Crippen LogP contribution in [0, 0.1) is 12.7 Å². The number of H-pyrrole nitrogens is 1. The number of carbonyl (C=O) groups is 2. The first-order chi connectivity index (χ1) is 20.2. The van der Waals surface area contributed by atoms with Gasteiger partial charge in [-0.3, -0.25) is 24.3 Å². The molecule has 2 amide bonds. The van der Waals surface area contributed by atoms with E-state index in [1.54, 1.807) is 25.1 Å². The predicted octanol–water partition coefficient (Wildman–Crippen LogP) is 3.04. The molecule has 3 aromatic rings. The smallest absolute Gasteiger partial charge is 0.261 e. The molecule has 3 aliphatic heterocycles. The summed E-state index contributed by atoms with van der Waals surface area (Å²) in [7, 11) is 2.03. The number of hydrogen-bond donors (Lipinski definition) is 3. The van der Waals surface area contributed by atoms with Gasteiger partial charge in [0.2, 0.25) is 0 Å². The molecular formula is C31H32FN5O5. The van der Waals surface area contributed by atoms with Crippen molar-refractivity contribution in [2.75, 3.05) is 38.6 Å². The van der Waals surface area contributed by atoms with Gasteiger partial charge in [-0.2, -0.15) is 0 Å². The number of nitrogens with one attached hydrogen (secondary N) is 2. The maximum absolute atomic E-state index is 13.3. The fraction of sp³-hybridized carbons (Fsp3) is 0.355. The highest BCUT2D eigenvalue weighted by atomic mass is 19.1. The van der Waals surface area contributed by atoms with Gasteiger partial charge in [0.05, 0.1) is 33.8 Å². The number of benzene rings is 2. The van der Waals surface area contributed by atoms with Crippen LogP contribution in [-0.2, 0) is 6.42 Å². The fourth-order valence-corrected chi connectivity index (χ4v) is 5.84. The van der Waals surface area contributed by atoms with Gasteiger partial charge in [0.1, 0.15) is 24.3 Å². The van der Waals surface area contributed by atoms with Crippen LogP contribution in [0.5, 0.6) is 5.75 Å². The van der Waals surface area contributed by atoms with Crippen molar-refractivity contribution in [1.29, 1.82) is 0 Å². The zero-order chi connectivity index (χ0) is 29.5. The number of pyridine rings is 1. The van der Waals surface area contributed by atoms with Crippen molar-refractivity contribution >= 4 is 28.9 Å². The van der Waals surface area contributed by atoms with E-state index in [4.69, 9.17) is 9.73 Å². The van der Waals surface area contributed by atoms with Crippen LogP contribution in [0.25, 0.3) is 0 Å². The lowest BCUT2D eigenvalue weighted by Crippen LogP contribution is -2.46. The number of aryl methyl sites for hydroxylation is 1. The number of aliphatic hydroxyl groups is 1. The van der Waals surface area contributed by atoms with Crippen molar-refractivity contribution in [3.63, 3.8) is 0 Å². The largest absolute Gasteiger partial charge is 0.491 e. The molecule has 0 spiro atoms. The van der Waals surface area contributed by atoms with Gasteiger partial charge in [-0.1, -0.05) is 0 Å². The van der Waals surface area contributed by atoms with E-state index in [-0.39, 0.29) is 42.4 Å². The Labute approximate surface area is 241 Å². The number of aliphatic hydroxyl groups excluding tert-OH is 1. The Kier molecular flexibility index (Phi) is 7.38. The van der Waals surface area contributed by atoms with Crippen LogP contribution >= 0.6 is 0 Å². The summed E-state index contributed by atoms with van der Waals surface area (Å²) in [6.07, 6.45) is 2.41. The lowest BCUT2D eigenvalue weighted by atomic mass is 10.00. The molecule has 0 bridgehead atoms. The number of ether oxygens (including phenoxy) is 1. The number of nitrogens with zero attached hydrogens (tertiary/aromatic N) is 3. The van der Waals surface area contributed by atoms with Crippen LogP contribution < -0.4 is 15.6 Å². The molecular weight excluding hydrogens is 541 g/mol. The average Bonchev–Trinajstić information content (AvgIpc) is 3.48. The molecule has 2 aromatic carbocycles. The fourth-order valence-electron chi connectivity index (χ4n) is 5.84. The molecule has 1 fully saturated rings. The Bertz CT molecular complexity index is 1660. The third-order valence-electron chi connectivity index (χ3n) is 8.13. The van der Waals surface area contributed by atoms with Crippen LogP contribution in [0.4, 0.5) is 15.8 Å². The number of hydrogen-bond acceptors (Lipinski definition) is 8. The molecule has 4 heterocycles. The maximum atomic E-state index is 13.3. The molecule has 11 heteroatoms. The van der Waals surface area contributed by atoms with E-state index in [1.165, 1.54) is 29.3 Å². The number of halogens is 1. The first kappa shape index (κ1) is 27.8. The topological polar surface area (TPSA) is 127 Å². The molecule has 0 radical (unpaired) electrons. The summed E-state index contributed by atoms with van der Waals surface area (Å²) in [5.41, 5.74) is 3.63. The SMILES string of the molecule is Cc1cc(F)ccc1OCC(O)CNc1cc[nH]c(=O)c1C1=Nc2cc3c(cc2C1)C(=O)N(C1CCN(C)CC1)C3=O. The predicted molar refractivity (Wildman–Crippen MR) is 156 cm³/mol. The number of aromatic amines is 1. The summed E-state index contributed by atoms with van der Waals surface area (Å²) in [6.45, 7) is 3.44. The van der Waals surface area contributed by atoms with Gasteiger partial charge in [-0.15, -0.1) is 0 Å². The number of aliphatic imine (C=N–C) groups is 1.